The summed E-state index contributed by atoms with van der Waals surface area (Å²) in [5.41, 5.74) is 1.33. The van der Waals surface area contributed by atoms with Crippen LogP contribution in [0.4, 0.5) is 23.7 Å². The Bertz CT molecular complexity index is 1400. The molecule has 2 aliphatic rings. The molecule has 0 bridgehead atoms. The lowest BCUT2D eigenvalue weighted by Gasteiger charge is -2.43. The molecule has 40 heavy (non-hydrogen) atoms. The van der Waals surface area contributed by atoms with E-state index in [9.17, 15) is 23.2 Å². The van der Waals surface area contributed by atoms with Gasteiger partial charge < -0.3 is 24.4 Å². The van der Waals surface area contributed by atoms with E-state index < -0.39 is 23.4 Å². The summed E-state index contributed by atoms with van der Waals surface area (Å²) in [7, 11) is 3.92. The summed E-state index contributed by atoms with van der Waals surface area (Å²) in [6.45, 7) is 2.35. The van der Waals surface area contributed by atoms with Crippen LogP contribution in [0.3, 0.4) is 0 Å². The molecule has 2 aromatic heterocycles. The number of hydrogen-bond donors (Lipinski definition) is 1. The number of nitriles is 1. The lowest BCUT2D eigenvalue weighted by Crippen LogP contribution is -2.54. The molecule has 1 N–H and O–H groups in total. The van der Waals surface area contributed by atoms with E-state index in [1.807, 2.05) is 60.1 Å². The number of ether oxygens (including phenoxy) is 1. The van der Waals surface area contributed by atoms with Gasteiger partial charge in [-0.25, -0.2) is 4.79 Å². The second-order valence-electron chi connectivity index (χ2n) is 10.6. The fraction of sp³-hybridized carbons (Fsp3) is 0.414. The lowest BCUT2D eigenvalue weighted by molar-refractivity contribution is -0.137. The summed E-state index contributed by atoms with van der Waals surface area (Å²) in [5.74, 6) is 0. The lowest BCUT2D eigenvalue weighted by atomic mass is 9.81. The van der Waals surface area contributed by atoms with Gasteiger partial charge in [-0.05, 0) is 68.3 Å². The second kappa shape index (κ2) is 10.8. The summed E-state index contributed by atoms with van der Waals surface area (Å²) >= 11 is 0. The molecule has 0 aliphatic carbocycles. The Labute approximate surface area is 231 Å². The highest BCUT2D eigenvalue weighted by Gasteiger charge is 2.40. The van der Waals surface area contributed by atoms with Gasteiger partial charge in [0, 0.05) is 45.6 Å². The van der Waals surface area contributed by atoms with Crippen LogP contribution in [0.5, 0.6) is 0 Å². The summed E-state index contributed by atoms with van der Waals surface area (Å²) < 4.78 is 47.4. The van der Waals surface area contributed by atoms with Crippen molar-refractivity contribution in [3.05, 3.63) is 71.5 Å². The van der Waals surface area contributed by atoms with Crippen LogP contribution in [-0.4, -0.2) is 59.9 Å². The van der Waals surface area contributed by atoms with Gasteiger partial charge in [-0.1, -0.05) is 6.07 Å². The van der Waals surface area contributed by atoms with Crippen LogP contribution in [0.2, 0.25) is 0 Å². The van der Waals surface area contributed by atoms with E-state index in [4.69, 9.17) is 4.74 Å². The van der Waals surface area contributed by atoms with Crippen molar-refractivity contribution in [2.24, 2.45) is 7.05 Å². The average molecular weight is 553 g/mol. The number of likely N-dealkylation sites (tertiary alicyclic amines) is 1. The highest BCUT2D eigenvalue weighted by Crippen LogP contribution is 2.38. The van der Waals surface area contributed by atoms with Gasteiger partial charge in [-0.2, -0.15) is 18.4 Å². The zero-order valence-corrected chi connectivity index (χ0v) is 22.4. The molecule has 2 aliphatic heterocycles. The van der Waals surface area contributed by atoms with E-state index in [1.165, 1.54) is 6.07 Å². The largest absolute Gasteiger partial charge is 0.445 e. The number of alkyl carbamates (subject to hydrolysis) is 1. The third kappa shape index (κ3) is 5.63. The van der Waals surface area contributed by atoms with Gasteiger partial charge in [0.25, 0.3) is 0 Å². The molecule has 4 heterocycles. The standard InChI is InChI=1S/C29H31F3N6O2/c1-36-13-9-23(19-36)40-27(39)35-28(22-5-7-24(34-18-22)26-4-3-12-37(26)2)10-14-38(15-11-28)25-8-6-21(29(30,31)32)16-20(25)17-33/h3-8,12,16,18,23H,9-11,13-15,19H2,1-2H3,(H,35,39)/t23-/m1/s1. The van der Waals surface area contributed by atoms with Crippen LogP contribution < -0.4 is 10.2 Å². The van der Waals surface area contributed by atoms with Gasteiger partial charge in [0.15, 0.2) is 0 Å². The fourth-order valence-corrected chi connectivity index (χ4v) is 5.62. The van der Waals surface area contributed by atoms with Crippen molar-refractivity contribution < 1.29 is 22.7 Å². The molecule has 3 aromatic rings. The number of carbonyl (C=O) groups excluding carboxylic acids is 1. The number of pyridine rings is 1. The minimum atomic E-state index is -4.53. The van der Waals surface area contributed by atoms with Gasteiger partial charge in [0.1, 0.15) is 12.2 Å². The van der Waals surface area contributed by atoms with E-state index in [0.29, 0.717) is 38.2 Å². The number of anilines is 1. The van der Waals surface area contributed by atoms with Gasteiger partial charge >= 0.3 is 12.3 Å². The summed E-state index contributed by atoms with van der Waals surface area (Å²) in [5, 5.41) is 12.7. The van der Waals surface area contributed by atoms with Crippen molar-refractivity contribution in [3.8, 4) is 17.5 Å². The first-order valence-corrected chi connectivity index (χ1v) is 13.2. The third-order valence-corrected chi connectivity index (χ3v) is 7.89. The van der Waals surface area contributed by atoms with E-state index in [1.54, 1.807) is 6.20 Å². The highest BCUT2D eigenvalue weighted by molar-refractivity contribution is 5.69. The highest BCUT2D eigenvalue weighted by atomic mass is 19.4. The Morgan fingerprint density at radius 1 is 1.15 bits per heavy atom. The number of likely N-dealkylation sites (N-methyl/N-ethyl adjacent to an activating group) is 1. The molecule has 0 saturated carbocycles. The first-order valence-electron chi connectivity index (χ1n) is 13.2. The molecule has 1 aromatic carbocycles. The Morgan fingerprint density at radius 3 is 2.50 bits per heavy atom. The molecular weight excluding hydrogens is 521 g/mol. The molecule has 5 rings (SSSR count). The number of piperidine rings is 1. The number of nitrogens with one attached hydrogen (secondary N) is 1. The Morgan fingerprint density at radius 2 is 1.93 bits per heavy atom. The summed E-state index contributed by atoms with van der Waals surface area (Å²) in [4.78, 5) is 21.8. The SMILES string of the molecule is CN1CC[C@@H](OC(=O)NC2(c3ccc(-c4cccn4C)nc3)CCN(c3ccc(C(F)(F)F)cc3C#N)CC2)C1. The zero-order valence-electron chi connectivity index (χ0n) is 22.4. The smallest absolute Gasteiger partial charge is 0.416 e. The van der Waals surface area contributed by atoms with E-state index in [0.717, 1.165) is 42.0 Å². The number of carbonyl (C=O) groups is 1. The molecule has 0 unspecified atom stereocenters. The predicted octanol–water partition coefficient (Wildman–Crippen LogP) is 4.90. The van der Waals surface area contributed by atoms with Crippen LogP contribution in [0.25, 0.3) is 11.4 Å². The Kier molecular flexibility index (Phi) is 7.47. The molecule has 0 spiro atoms. The number of halogens is 3. The first kappa shape index (κ1) is 27.5. The molecule has 1 amide bonds. The van der Waals surface area contributed by atoms with Crippen LogP contribution in [0.15, 0.2) is 54.9 Å². The van der Waals surface area contributed by atoms with Crippen molar-refractivity contribution in [2.45, 2.75) is 37.1 Å². The van der Waals surface area contributed by atoms with Gasteiger partial charge in [0.05, 0.1) is 33.7 Å². The number of aryl methyl sites for hydroxylation is 1. The number of aromatic nitrogens is 2. The first-order chi connectivity index (χ1) is 19.1. The van der Waals surface area contributed by atoms with E-state index >= 15 is 0 Å². The van der Waals surface area contributed by atoms with Crippen molar-refractivity contribution in [1.82, 2.24) is 19.8 Å². The molecule has 0 radical (unpaired) electrons. The molecule has 11 heteroatoms. The number of nitrogens with zero attached hydrogens (tertiary/aromatic N) is 5. The molecular formula is C29H31F3N6O2. The van der Waals surface area contributed by atoms with Crippen molar-refractivity contribution in [1.29, 1.82) is 5.26 Å². The Hall–Kier alpha value is -4.04. The average Bonchev–Trinajstić information content (AvgIpc) is 3.55. The number of amides is 1. The summed E-state index contributed by atoms with van der Waals surface area (Å²) in [6, 6.07) is 12.9. The minimum absolute atomic E-state index is 0.0337. The topological polar surface area (TPSA) is 86.4 Å². The van der Waals surface area contributed by atoms with Gasteiger partial charge in [-0.15, -0.1) is 0 Å². The minimum Gasteiger partial charge on any atom is -0.445 e. The fourth-order valence-electron chi connectivity index (χ4n) is 5.62. The van der Waals surface area contributed by atoms with Gasteiger partial charge in [-0.3, -0.25) is 4.98 Å². The van der Waals surface area contributed by atoms with Crippen molar-refractivity contribution in [2.75, 3.05) is 38.1 Å². The molecule has 2 saturated heterocycles. The van der Waals surface area contributed by atoms with Gasteiger partial charge in [0.2, 0.25) is 0 Å². The maximum Gasteiger partial charge on any atom is 0.416 e. The zero-order chi connectivity index (χ0) is 28.5. The third-order valence-electron chi connectivity index (χ3n) is 7.89. The Balaban J connectivity index is 1.39. The van der Waals surface area contributed by atoms with Crippen LogP contribution >= 0.6 is 0 Å². The number of rotatable bonds is 5. The normalized spacial score (nSPS) is 19.3. The van der Waals surface area contributed by atoms with E-state index in [-0.39, 0.29) is 11.7 Å². The van der Waals surface area contributed by atoms with Crippen molar-refractivity contribution >= 4 is 11.8 Å². The van der Waals surface area contributed by atoms with E-state index in [2.05, 4.69) is 15.2 Å². The predicted molar refractivity (Wildman–Crippen MR) is 143 cm³/mol. The monoisotopic (exact) mass is 552 g/mol. The number of hydrogen-bond acceptors (Lipinski definition) is 6. The van der Waals surface area contributed by atoms with Crippen LogP contribution in [0, 0.1) is 11.3 Å². The quantitative estimate of drug-likeness (QED) is 0.485. The number of benzene rings is 1. The van der Waals surface area contributed by atoms with Crippen LogP contribution in [-0.2, 0) is 23.5 Å². The molecule has 210 valence electrons. The number of alkyl halides is 3. The molecule has 2 fully saturated rings. The van der Waals surface area contributed by atoms with Crippen molar-refractivity contribution in [3.63, 3.8) is 0 Å². The second-order valence-corrected chi connectivity index (χ2v) is 10.6. The molecule has 8 nitrogen and oxygen atoms in total. The molecule has 1 atom stereocenters. The maximum absolute atomic E-state index is 13.2. The van der Waals surface area contributed by atoms with Crippen LogP contribution in [0.1, 0.15) is 36.0 Å². The maximum atomic E-state index is 13.2. The summed E-state index contributed by atoms with van der Waals surface area (Å²) in [6.07, 6.45) is 0.142.